The SMILES string of the molecule is C[C@@H]1CN(Cc2ccc(F)cc2)[C@@H](C)CN1C(=O)COc1ccccc1C(F)(F)F. The number of benzene rings is 2. The minimum absolute atomic E-state index is 0.0395. The van der Waals surface area contributed by atoms with Gasteiger partial charge in [-0.15, -0.1) is 0 Å². The Hall–Kier alpha value is -2.61. The predicted molar refractivity (Wildman–Crippen MR) is 104 cm³/mol. The highest BCUT2D eigenvalue weighted by molar-refractivity contribution is 5.78. The van der Waals surface area contributed by atoms with Crippen LogP contribution >= 0.6 is 0 Å². The third-order valence-corrected chi connectivity index (χ3v) is 5.28. The monoisotopic (exact) mass is 424 g/mol. The number of carbonyl (C=O) groups excluding carboxylic acids is 1. The number of halogens is 4. The van der Waals surface area contributed by atoms with Crippen molar-refractivity contribution in [2.24, 2.45) is 0 Å². The second-order valence-corrected chi connectivity index (χ2v) is 7.58. The number of alkyl halides is 3. The van der Waals surface area contributed by atoms with Crippen LogP contribution in [-0.4, -0.2) is 47.5 Å². The van der Waals surface area contributed by atoms with E-state index in [-0.39, 0.29) is 29.6 Å². The average Bonchev–Trinajstić information content (AvgIpc) is 2.70. The average molecular weight is 424 g/mol. The molecule has 1 saturated heterocycles. The molecule has 1 fully saturated rings. The largest absolute Gasteiger partial charge is 0.483 e. The van der Waals surface area contributed by atoms with E-state index in [1.165, 1.54) is 30.3 Å². The Kier molecular flexibility index (Phi) is 6.65. The predicted octanol–water partition coefficient (Wildman–Crippen LogP) is 4.34. The Morgan fingerprint density at radius 3 is 2.37 bits per heavy atom. The van der Waals surface area contributed by atoms with Gasteiger partial charge in [-0.25, -0.2) is 4.39 Å². The Labute approximate surface area is 173 Å². The van der Waals surface area contributed by atoms with Gasteiger partial charge in [0.1, 0.15) is 11.6 Å². The molecule has 30 heavy (non-hydrogen) atoms. The Morgan fingerprint density at radius 1 is 1.03 bits per heavy atom. The summed E-state index contributed by atoms with van der Waals surface area (Å²) in [6.45, 7) is 5.08. The van der Waals surface area contributed by atoms with Crippen molar-refractivity contribution in [1.82, 2.24) is 9.80 Å². The second kappa shape index (κ2) is 9.04. The highest BCUT2D eigenvalue weighted by atomic mass is 19.4. The van der Waals surface area contributed by atoms with E-state index in [0.29, 0.717) is 19.6 Å². The van der Waals surface area contributed by atoms with Gasteiger partial charge in [0, 0.05) is 31.7 Å². The fourth-order valence-electron chi connectivity index (χ4n) is 3.64. The van der Waals surface area contributed by atoms with Crippen LogP contribution in [0.1, 0.15) is 25.0 Å². The molecule has 0 spiro atoms. The second-order valence-electron chi connectivity index (χ2n) is 7.58. The maximum Gasteiger partial charge on any atom is 0.419 e. The zero-order valence-corrected chi connectivity index (χ0v) is 16.8. The number of amides is 1. The van der Waals surface area contributed by atoms with Gasteiger partial charge in [-0.2, -0.15) is 13.2 Å². The summed E-state index contributed by atoms with van der Waals surface area (Å²) in [7, 11) is 0. The summed E-state index contributed by atoms with van der Waals surface area (Å²) in [5, 5.41) is 0. The van der Waals surface area contributed by atoms with Crippen LogP contribution < -0.4 is 4.74 Å². The summed E-state index contributed by atoms with van der Waals surface area (Å²) in [6.07, 6.45) is -4.55. The summed E-state index contributed by atoms with van der Waals surface area (Å²) >= 11 is 0. The standard InChI is InChI=1S/C22H24F4N2O2/c1-15-12-28(16(2)11-27(15)13-17-7-9-18(23)10-8-17)21(29)14-30-20-6-4-3-5-19(20)22(24,25)26/h3-10,15-16H,11-14H2,1-2H3/t15-,16+/m0/s1. The molecule has 0 unspecified atom stereocenters. The molecule has 0 bridgehead atoms. The molecule has 0 saturated carbocycles. The minimum atomic E-state index is -4.55. The fraction of sp³-hybridized carbons (Fsp3) is 0.409. The minimum Gasteiger partial charge on any atom is -0.483 e. The molecule has 1 aliphatic rings. The zero-order chi connectivity index (χ0) is 21.9. The summed E-state index contributed by atoms with van der Waals surface area (Å²) in [5.74, 6) is -0.996. The maximum atomic E-state index is 13.1. The summed E-state index contributed by atoms with van der Waals surface area (Å²) in [4.78, 5) is 16.5. The molecular weight excluding hydrogens is 400 g/mol. The molecule has 4 nitrogen and oxygen atoms in total. The van der Waals surface area contributed by atoms with Crippen LogP contribution in [0.3, 0.4) is 0 Å². The molecule has 162 valence electrons. The molecule has 2 atom stereocenters. The van der Waals surface area contributed by atoms with Crippen LogP contribution in [0.25, 0.3) is 0 Å². The molecule has 1 aliphatic heterocycles. The number of ether oxygens (including phenoxy) is 1. The van der Waals surface area contributed by atoms with Crippen molar-refractivity contribution in [3.8, 4) is 5.75 Å². The van der Waals surface area contributed by atoms with E-state index in [1.54, 1.807) is 17.0 Å². The molecule has 0 radical (unpaired) electrons. The molecule has 2 aromatic rings. The van der Waals surface area contributed by atoms with Crippen LogP contribution in [0, 0.1) is 5.82 Å². The lowest BCUT2D eigenvalue weighted by Gasteiger charge is -2.44. The molecule has 8 heteroatoms. The number of rotatable bonds is 5. The molecule has 0 aliphatic carbocycles. The third-order valence-electron chi connectivity index (χ3n) is 5.28. The van der Waals surface area contributed by atoms with Gasteiger partial charge in [-0.3, -0.25) is 9.69 Å². The first kappa shape index (κ1) is 22.1. The van der Waals surface area contributed by atoms with Crippen molar-refractivity contribution >= 4 is 5.91 Å². The third kappa shape index (κ3) is 5.30. The van der Waals surface area contributed by atoms with Gasteiger partial charge in [0.25, 0.3) is 5.91 Å². The number of nitrogens with zero attached hydrogens (tertiary/aromatic N) is 2. The van der Waals surface area contributed by atoms with E-state index in [0.717, 1.165) is 11.6 Å². The lowest BCUT2D eigenvalue weighted by Crippen LogP contribution is -2.58. The lowest BCUT2D eigenvalue weighted by atomic mass is 10.1. The normalized spacial score (nSPS) is 20.3. The van der Waals surface area contributed by atoms with E-state index in [2.05, 4.69) is 4.90 Å². The van der Waals surface area contributed by atoms with Gasteiger partial charge in [0.05, 0.1) is 5.56 Å². The molecule has 1 amide bonds. The van der Waals surface area contributed by atoms with Crippen molar-refractivity contribution in [2.45, 2.75) is 38.7 Å². The highest BCUT2D eigenvalue weighted by Crippen LogP contribution is 2.35. The zero-order valence-electron chi connectivity index (χ0n) is 16.8. The quantitative estimate of drug-likeness (QED) is 0.670. The van der Waals surface area contributed by atoms with Crippen molar-refractivity contribution in [3.63, 3.8) is 0 Å². The van der Waals surface area contributed by atoms with Gasteiger partial charge < -0.3 is 9.64 Å². The van der Waals surface area contributed by atoms with Gasteiger partial charge in [0.15, 0.2) is 6.61 Å². The first-order chi connectivity index (χ1) is 14.1. The van der Waals surface area contributed by atoms with Crippen molar-refractivity contribution in [3.05, 3.63) is 65.5 Å². The number of carbonyl (C=O) groups is 1. The van der Waals surface area contributed by atoms with Crippen LogP contribution in [0.2, 0.25) is 0 Å². The molecule has 3 rings (SSSR count). The number of para-hydroxylation sites is 1. The van der Waals surface area contributed by atoms with Gasteiger partial charge in [0.2, 0.25) is 0 Å². The topological polar surface area (TPSA) is 32.8 Å². The molecular formula is C22H24F4N2O2. The molecule has 0 aromatic heterocycles. The maximum absolute atomic E-state index is 13.1. The van der Waals surface area contributed by atoms with Crippen LogP contribution in [-0.2, 0) is 17.5 Å². The van der Waals surface area contributed by atoms with Gasteiger partial charge >= 0.3 is 6.18 Å². The van der Waals surface area contributed by atoms with E-state index in [1.807, 2.05) is 13.8 Å². The molecule has 2 aromatic carbocycles. The number of hydrogen-bond donors (Lipinski definition) is 0. The molecule has 0 N–H and O–H groups in total. The number of hydrogen-bond acceptors (Lipinski definition) is 3. The van der Waals surface area contributed by atoms with Gasteiger partial charge in [-0.05, 0) is 43.7 Å². The Balaban J connectivity index is 1.60. The van der Waals surface area contributed by atoms with E-state index >= 15 is 0 Å². The lowest BCUT2D eigenvalue weighted by molar-refractivity contribution is -0.143. The highest BCUT2D eigenvalue weighted by Gasteiger charge is 2.35. The van der Waals surface area contributed by atoms with Crippen molar-refractivity contribution in [2.75, 3.05) is 19.7 Å². The van der Waals surface area contributed by atoms with Crippen molar-refractivity contribution in [1.29, 1.82) is 0 Å². The van der Waals surface area contributed by atoms with Crippen LogP contribution in [0.15, 0.2) is 48.5 Å². The first-order valence-corrected chi connectivity index (χ1v) is 9.72. The summed E-state index contributed by atoms with van der Waals surface area (Å²) < 4.78 is 57.6. The smallest absolute Gasteiger partial charge is 0.419 e. The van der Waals surface area contributed by atoms with E-state index < -0.39 is 18.3 Å². The van der Waals surface area contributed by atoms with Crippen molar-refractivity contribution < 1.29 is 27.1 Å². The van der Waals surface area contributed by atoms with Gasteiger partial charge in [-0.1, -0.05) is 24.3 Å². The number of piperazine rings is 1. The fourth-order valence-corrected chi connectivity index (χ4v) is 3.64. The van der Waals surface area contributed by atoms with E-state index in [9.17, 15) is 22.4 Å². The Bertz CT molecular complexity index is 870. The first-order valence-electron chi connectivity index (χ1n) is 9.72. The Morgan fingerprint density at radius 2 is 1.70 bits per heavy atom. The summed E-state index contributed by atoms with van der Waals surface area (Å²) in [6, 6.07) is 11.1. The molecule has 1 heterocycles. The summed E-state index contributed by atoms with van der Waals surface area (Å²) in [5.41, 5.74) is 0.0747. The van der Waals surface area contributed by atoms with Crippen LogP contribution in [0.4, 0.5) is 17.6 Å². The van der Waals surface area contributed by atoms with Crippen LogP contribution in [0.5, 0.6) is 5.75 Å². The van der Waals surface area contributed by atoms with E-state index in [4.69, 9.17) is 4.74 Å².